The molecule has 4 heteroatoms. The normalized spacial score (nSPS) is 35.9. The highest BCUT2D eigenvalue weighted by Gasteiger charge is 2.46. The van der Waals surface area contributed by atoms with Crippen molar-refractivity contribution < 1.29 is 4.79 Å². The largest absolute Gasteiger partial charge is 0.358 e. The summed E-state index contributed by atoms with van der Waals surface area (Å²) in [4.78, 5) is 14.2. The van der Waals surface area contributed by atoms with Gasteiger partial charge in [-0.15, -0.1) is 0 Å². The maximum absolute atomic E-state index is 11.8. The Bertz CT molecular complexity index is 254. The first-order valence-corrected chi connectivity index (χ1v) is 5.85. The van der Waals surface area contributed by atoms with Crippen LogP contribution in [0.15, 0.2) is 0 Å². The zero-order chi connectivity index (χ0) is 11.0. The van der Waals surface area contributed by atoms with Crippen molar-refractivity contribution in [1.82, 2.24) is 15.5 Å². The van der Waals surface area contributed by atoms with Crippen molar-refractivity contribution in [2.75, 3.05) is 20.1 Å². The van der Waals surface area contributed by atoms with Crippen molar-refractivity contribution in [2.45, 2.75) is 38.4 Å². The Hall–Kier alpha value is -0.610. The molecule has 2 rings (SSSR count). The van der Waals surface area contributed by atoms with E-state index in [-0.39, 0.29) is 11.9 Å². The summed E-state index contributed by atoms with van der Waals surface area (Å²) in [7, 11) is 1.73. The fourth-order valence-electron chi connectivity index (χ4n) is 3.10. The van der Waals surface area contributed by atoms with Gasteiger partial charge < -0.3 is 10.6 Å². The lowest BCUT2D eigenvalue weighted by Crippen LogP contribution is -2.49. The summed E-state index contributed by atoms with van der Waals surface area (Å²) in [5.41, 5.74) is 0. The van der Waals surface area contributed by atoms with Crippen LogP contribution >= 0.6 is 0 Å². The number of hydrogen-bond acceptors (Lipinski definition) is 3. The van der Waals surface area contributed by atoms with Gasteiger partial charge in [0.25, 0.3) is 0 Å². The lowest BCUT2D eigenvalue weighted by atomic mass is 10.0. The Labute approximate surface area is 91.4 Å². The lowest BCUT2D eigenvalue weighted by molar-refractivity contribution is -0.126. The maximum atomic E-state index is 11.8. The number of fused-ring (bicyclic) bond motifs is 1. The number of likely N-dealkylation sites (tertiary alicyclic amines) is 1. The molecule has 0 aromatic rings. The van der Waals surface area contributed by atoms with Crippen LogP contribution in [0.3, 0.4) is 0 Å². The van der Waals surface area contributed by atoms with Crippen LogP contribution in [0.25, 0.3) is 0 Å². The second kappa shape index (κ2) is 4.10. The quantitative estimate of drug-likeness (QED) is 0.665. The van der Waals surface area contributed by atoms with Gasteiger partial charge in [0.05, 0.1) is 6.04 Å². The van der Waals surface area contributed by atoms with Crippen LogP contribution in [-0.4, -0.2) is 49.1 Å². The molecule has 2 aliphatic rings. The van der Waals surface area contributed by atoms with Gasteiger partial charge in [0, 0.05) is 25.7 Å². The van der Waals surface area contributed by atoms with Crippen LogP contribution < -0.4 is 10.6 Å². The third-order valence-electron chi connectivity index (χ3n) is 3.72. The first-order valence-electron chi connectivity index (χ1n) is 5.85. The zero-order valence-electron chi connectivity index (χ0n) is 9.79. The Morgan fingerprint density at radius 3 is 2.80 bits per heavy atom. The van der Waals surface area contributed by atoms with E-state index in [0.717, 1.165) is 19.5 Å². The SMILES string of the molecule is CNC(=O)[C@@H]1C[C@H]2CNC[C@H]2N1C(C)C. The molecule has 2 fully saturated rings. The topological polar surface area (TPSA) is 44.4 Å². The van der Waals surface area contributed by atoms with Gasteiger partial charge in [-0.25, -0.2) is 0 Å². The molecule has 2 aliphatic heterocycles. The monoisotopic (exact) mass is 211 g/mol. The van der Waals surface area contributed by atoms with Gasteiger partial charge in [-0.05, 0) is 32.7 Å². The number of likely N-dealkylation sites (N-methyl/N-ethyl adjacent to an activating group) is 1. The molecule has 0 unspecified atom stereocenters. The van der Waals surface area contributed by atoms with E-state index in [1.54, 1.807) is 7.05 Å². The fraction of sp³-hybridized carbons (Fsp3) is 0.909. The van der Waals surface area contributed by atoms with Gasteiger partial charge >= 0.3 is 0 Å². The van der Waals surface area contributed by atoms with Crippen LogP contribution in [0.1, 0.15) is 20.3 Å². The average molecular weight is 211 g/mol. The molecule has 2 N–H and O–H groups in total. The second-order valence-electron chi connectivity index (χ2n) is 4.89. The van der Waals surface area contributed by atoms with Crippen LogP contribution in [0, 0.1) is 5.92 Å². The van der Waals surface area contributed by atoms with Crippen molar-refractivity contribution in [1.29, 1.82) is 0 Å². The number of nitrogens with zero attached hydrogens (tertiary/aromatic N) is 1. The standard InChI is InChI=1S/C11H21N3O/c1-7(2)14-9(11(15)12-3)4-8-5-13-6-10(8)14/h7-10,13H,4-6H2,1-3H3,(H,12,15)/t8-,9-,10+/m0/s1. The molecule has 0 spiro atoms. The zero-order valence-corrected chi connectivity index (χ0v) is 9.79. The number of rotatable bonds is 2. The van der Waals surface area contributed by atoms with E-state index in [2.05, 4.69) is 29.4 Å². The Kier molecular flexibility index (Phi) is 2.98. The molecule has 0 saturated carbocycles. The number of nitrogens with one attached hydrogen (secondary N) is 2. The molecule has 0 radical (unpaired) electrons. The van der Waals surface area contributed by atoms with Crippen molar-refractivity contribution in [3.05, 3.63) is 0 Å². The lowest BCUT2D eigenvalue weighted by Gasteiger charge is -2.32. The minimum absolute atomic E-state index is 0.0899. The minimum atomic E-state index is 0.0899. The first kappa shape index (κ1) is 10.9. The molecule has 2 heterocycles. The van der Waals surface area contributed by atoms with Crippen molar-refractivity contribution in [3.63, 3.8) is 0 Å². The van der Waals surface area contributed by atoms with Crippen molar-refractivity contribution >= 4 is 5.91 Å². The van der Waals surface area contributed by atoms with E-state index in [4.69, 9.17) is 0 Å². The third-order valence-corrected chi connectivity index (χ3v) is 3.72. The molecular weight excluding hydrogens is 190 g/mol. The van der Waals surface area contributed by atoms with E-state index in [9.17, 15) is 4.79 Å². The average Bonchev–Trinajstić information content (AvgIpc) is 2.73. The molecule has 3 atom stereocenters. The van der Waals surface area contributed by atoms with E-state index < -0.39 is 0 Å². The van der Waals surface area contributed by atoms with Gasteiger partial charge in [-0.1, -0.05) is 0 Å². The molecule has 0 aromatic carbocycles. The Morgan fingerprint density at radius 2 is 2.20 bits per heavy atom. The summed E-state index contributed by atoms with van der Waals surface area (Å²) >= 11 is 0. The van der Waals surface area contributed by atoms with Crippen molar-refractivity contribution in [2.24, 2.45) is 5.92 Å². The van der Waals surface area contributed by atoms with Crippen LogP contribution in [0.4, 0.5) is 0 Å². The maximum Gasteiger partial charge on any atom is 0.237 e. The molecule has 4 nitrogen and oxygen atoms in total. The molecule has 0 aromatic heterocycles. The molecule has 0 aliphatic carbocycles. The summed E-state index contributed by atoms with van der Waals surface area (Å²) in [5, 5.41) is 6.19. The van der Waals surface area contributed by atoms with Gasteiger partial charge in [0.1, 0.15) is 0 Å². The molecule has 2 saturated heterocycles. The van der Waals surface area contributed by atoms with Crippen LogP contribution in [0.5, 0.6) is 0 Å². The van der Waals surface area contributed by atoms with E-state index in [1.807, 2.05) is 0 Å². The molecule has 0 bridgehead atoms. The highest BCUT2D eigenvalue weighted by atomic mass is 16.2. The third kappa shape index (κ3) is 1.76. The van der Waals surface area contributed by atoms with E-state index >= 15 is 0 Å². The van der Waals surface area contributed by atoms with Gasteiger partial charge in [-0.3, -0.25) is 9.69 Å². The van der Waals surface area contributed by atoms with Crippen LogP contribution in [0.2, 0.25) is 0 Å². The summed E-state index contributed by atoms with van der Waals surface area (Å²) in [6, 6.07) is 1.10. The predicted octanol–water partition coefficient (Wildman–Crippen LogP) is -0.197. The summed E-state index contributed by atoms with van der Waals surface area (Å²) in [6.07, 6.45) is 1.01. The highest BCUT2D eigenvalue weighted by molar-refractivity contribution is 5.82. The predicted molar refractivity (Wildman–Crippen MR) is 59.6 cm³/mol. The highest BCUT2D eigenvalue weighted by Crippen LogP contribution is 2.33. The summed E-state index contributed by atoms with van der Waals surface area (Å²) in [5.74, 6) is 0.841. The number of carbonyl (C=O) groups is 1. The molecule has 15 heavy (non-hydrogen) atoms. The van der Waals surface area contributed by atoms with Gasteiger partial charge in [0.2, 0.25) is 5.91 Å². The van der Waals surface area contributed by atoms with Crippen LogP contribution in [-0.2, 0) is 4.79 Å². The van der Waals surface area contributed by atoms with Gasteiger partial charge in [0.15, 0.2) is 0 Å². The number of hydrogen-bond donors (Lipinski definition) is 2. The fourth-order valence-corrected chi connectivity index (χ4v) is 3.10. The number of carbonyl (C=O) groups excluding carboxylic acids is 1. The van der Waals surface area contributed by atoms with E-state index in [1.165, 1.54) is 0 Å². The Balaban J connectivity index is 2.15. The smallest absolute Gasteiger partial charge is 0.237 e. The van der Waals surface area contributed by atoms with Crippen molar-refractivity contribution in [3.8, 4) is 0 Å². The molecule has 1 amide bonds. The second-order valence-corrected chi connectivity index (χ2v) is 4.89. The Morgan fingerprint density at radius 1 is 1.47 bits per heavy atom. The summed E-state index contributed by atoms with van der Waals surface area (Å²) < 4.78 is 0. The minimum Gasteiger partial charge on any atom is -0.358 e. The van der Waals surface area contributed by atoms with Gasteiger partial charge in [-0.2, -0.15) is 0 Å². The first-order chi connectivity index (χ1) is 7.15. The molecular formula is C11H21N3O. The summed E-state index contributed by atoms with van der Waals surface area (Å²) in [6.45, 7) is 6.46. The molecule has 86 valence electrons. The van der Waals surface area contributed by atoms with E-state index in [0.29, 0.717) is 18.0 Å². The number of amides is 1.